The SMILES string of the molecule is Cc1cc(CNc2cccc3c2CN([C@H]2CCC(=O)NC2=O)C3)ccc1F. The van der Waals surface area contributed by atoms with E-state index in [9.17, 15) is 14.0 Å². The molecule has 2 amide bonds. The van der Waals surface area contributed by atoms with E-state index < -0.39 is 0 Å². The third kappa shape index (κ3) is 3.57. The molecule has 2 aromatic carbocycles. The second kappa shape index (κ2) is 7.12. The van der Waals surface area contributed by atoms with Crippen molar-refractivity contribution in [2.75, 3.05) is 5.32 Å². The lowest BCUT2D eigenvalue weighted by atomic mass is 10.0. The topological polar surface area (TPSA) is 61.4 Å². The third-order valence-corrected chi connectivity index (χ3v) is 5.36. The van der Waals surface area contributed by atoms with Crippen LogP contribution in [0, 0.1) is 12.7 Å². The Bertz CT molecular complexity index is 912. The number of piperidine rings is 1. The number of halogens is 1. The van der Waals surface area contributed by atoms with Gasteiger partial charge >= 0.3 is 0 Å². The van der Waals surface area contributed by atoms with E-state index in [0.717, 1.165) is 11.3 Å². The predicted molar refractivity (Wildman–Crippen MR) is 100 cm³/mol. The maximum atomic E-state index is 13.4. The van der Waals surface area contributed by atoms with Gasteiger partial charge in [0.25, 0.3) is 0 Å². The number of fused-ring (bicyclic) bond motifs is 1. The molecule has 0 radical (unpaired) electrons. The lowest BCUT2D eigenvalue weighted by molar-refractivity contribution is -0.137. The maximum Gasteiger partial charge on any atom is 0.243 e. The van der Waals surface area contributed by atoms with Crippen molar-refractivity contribution in [2.24, 2.45) is 0 Å². The summed E-state index contributed by atoms with van der Waals surface area (Å²) in [4.78, 5) is 25.7. The monoisotopic (exact) mass is 367 g/mol. The van der Waals surface area contributed by atoms with Crippen LogP contribution in [0.15, 0.2) is 36.4 Å². The maximum absolute atomic E-state index is 13.4. The van der Waals surface area contributed by atoms with Crippen LogP contribution >= 0.6 is 0 Å². The van der Waals surface area contributed by atoms with E-state index in [-0.39, 0.29) is 23.7 Å². The number of amides is 2. The molecule has 2 aliphatic rings. The Kier molecular flexibility index (Phi) is 4.66. The Morgan fingerprint density at radius 1 is 1.22 bits per heavy atom. The number of hydrogen-bond donors (Lipinski definition) is 2. The number of imide groups is 1. The van der Waals surface area contributed by atoms with E-state index >= 15 is 0 Å². The van der Waals surface area contributed by atoms with Gasteiger partial charge in [0.2, 0.25) is 11.8 Å². The molecule has 0 bridgehead atoms. The van der Waals surface area contributed by atoms with Crippen LogP contribution in [0.3, 0.4) is 0 Å². The van der Waals surface area contributed by atoms with Gasteiger partial charge in [0.05, 0.1) is 6.04 Å². The van der Waals surface area contributed by atoms with E-state index in [4.69, 9.17) is 0 Å². The lowest BCUT2D eigenvalue weighted by Gasteiger charge is -2.29. The molecule has 140 valence electrons. The second-order valence-corrected chi connectivity index (χ2v) is 7.25. The van der Waals surface area contributed by atoms with Crippen LogP contribution in [0.25, 0.3) is 0 Å². The Hall–Kier alpha value is -2.73. The molecular formula is C21H22FN3O2. The van der Waals surface area contributed by atoms with Crippen LogP contribution in [0.4, 0.5) is 10.1 Å². The largest absolute Gasteiger partial charge is 0.381 e. The van der Waals surface area contributed by atoms with Crippen molar-refractivity contribution >= 4 is 17.5 Å². The van der Waals surface area contributed by atoms with Crippen molar-refractivity contribution in [1.82, 2.24) is 10.2 Å². The van der Waals surface area contributed by atoms with Crippen molar-refractivity contribution in [3.8, 4) is 0 Å². The average molecular weight is 367 g/mol. The molecule has 1 atom stereocenters. The zero-order valence-corrected chi connectivity index (χ0v) is 15.2. The predicted octanol–water partition coefficient (Wildman–Crippen LogP) is 2.87. The first-order valence-corrected chi connectivity index (χ1v) is 9.18. The molecule has 2 aliphatic heterocycles. The van der Waals surface area contributed by atoms with Crippen LogP contribution in [0.5, 0.6) is 0 Å². The molecule has 27 heavy (non-hydrogen) atoms. The minimum atomic E-state index is -0.261. The highest BCUT2D eigenvalue weighted by Crippen LogP contribution is 2.32. The summed E-state index contributed by atoms with van der Waals surface area (Å²) in [5.74, 6) is -0.584. The molecular weight excluding hydrogens is 345 g/mol. The highest BCUT2D eigenvalue weighted by atomic mass is 19.1. The summed E-state index contributed by atoms with van der Waals surface area (Å²) in [6.45, 7) is 3.74. The van der Waals surface area contributed by atoms with Crippen molar-refractivity contribution in [1.29, 1.82) is 0 Å². The first-order chi connectivity index (χ1) is 13.0. The molecule has 0 aromatic heterocycles. The number of anilines is 1. The number of benzene rings is 2. The second-order valence-electron chi connectivity index (χ2n) is 7.25. The van der Waals surface area contributed by atoms with E-state index in [1.165, 1.54) is 17.2 Å². The van der Waals surface area contributed by atoms with Gasteiger partial charge in [-0.2, -0.15) is 0 Å². The van der Waals surface area contributed by atoms with E-state index in [2.05, 4.69) is 21.6 Å². The first kappa shape index (κ1) is 17.7. The van der Waals surface area contributed by atoms with Gasteiger partial charge in [-0.3, -0.25) is 19.8 Å². The van der Waals surface area contributed by atoms with Gasteiger partial charge in [0.15, 0.2) is 0 Å². The van der Waals surface area contributed by atoms with Gasteiger partial charge in [-0.25, -0.2) is 4.39 Å². The zero-order valence-electron chi connectivity index (χ0n) is 15.2. The van der Waals surface area contributed by atoms with Crippen molar-refractivity contribution < 1.29 is 14.0 Å². The van der Waals surface area contributed by atoms with Crippen LogP contribution in [0.1, 0.15) is 35.1 Å². The summed E-state index contributed by atoms with van der Waals surface area (Å²) in [6, 6.07) is 11.0. The fourth-order valence-electron chi connectivity index (χ4n) is 3.88. The van der Waals surface area contributed by atoms with Crippen LogP contribution < -0.4 is 10.6 Å². The molecule has 0 spiro atoms. The number of nitrogens with zero attached hydrogens (tertiary/aromatic N) is 1. The lowest BCUT2D eigenvalue weighted by Crippen LogP contribution is -2.50. The Morgan fingerprint density at radius 2 is 2.07 bits per heavy atom. The molecule has 6 heteroatoms. The minimum Gasteiger partial charge on any atom is -0.381 e. The Labute approximate surface area is 157 Å². The molecule has 4 rings (SSSR count). The fraction of sp³-hybridized carbons (Fsp3) is 0.333. The molecule has 0 saturated carbocycles. The highest BCUT2D eigenvalue weighted by molar-refractivity contribution is 6.00. The minimum absolute atomic E-state index is 0.190. The van der Waals surface area contributed by atoms with Gasteiger partial charge in [-0.05, 0) is 47.7 Å². The van der Waals surface area contributed by atoms with E-state index in [0.29, 0.717) is 38.0 Å². The molecule has 2 aromatic rings. The van der Waals surface area contributed by atoms with Crippen LogP contribution in [0.2, 0.25) is 0 Å². The Balaban J connectivity index is 1.47. The highest BCUT2D eigenvalue weighted by Gasteiger charge is 2.35. The summed E-state index contributed by atoms with van der Waals surface area (Å²) in [5.41, 5.74) is 5.06. The molecule has 1 fully saturated rings. The average Bonchev–Trinajstić information content (AvgIpc) is 3.07. The Morgan fingerprint density at radius 3 is 2.85 bits per heavy atom. The molecule has 2 N–H and O–H groups in total. The van der Waals surface area contributed by atoms with Crippen LogP contribution in [-0.2, 0) is 29.2 Å². The number of rotatable bonds is 4. The number of carbonyl (C=O) groups is 2. The van der Waals surface area contributed by atoms with Crippen molar-refractivity contribution in [2.45, 2.75) is 45.4 Å². The molecule has 1 saturated heterocycles. The van der Waals surface area contributed by atoms with Gasteiger partial charge < -0.3 is 5.32 Å². The molecule has 5 nitrogen and oxygen atoms in total. The summed E-state index contributed by atoms with van der Waals surface area (Å²) in [7, 11) is 0. The van der Waals surface area contributed by atoms with Gasteiger partial charge in [-0.15, -0.1) is 0 Å². The molecule has 0 aliphatic carbocycles. The van der Waals surface area contributed by atoms with Crippen molar-refractivity contribution in [3.63, 3.8) is 0 Å². The quantitative estimate of drug-likeness (QED) is 0.816. The number of carbonyl (C=O) groups excluding carboxylic acids is 2. The summed E-state index contributed by atoms with van der Waals surface area (Å²) >= 11 is 0. The summed E-state index contributed by atoms with van der Waals surface area (Å²) in [6.07, 6.45) is 0.953. The van der Waals surface area contributed by atoms with Crippen LogP contribution in [-0.4, -0.2) is 22.8 Å². The van der Waals surface area contributed by atoms with Gasteiger partial charge in [0, 0.05) is 31.7 Å². The standard InChI is InChI=1S/C21H22FN3O2/c1-13-9-14(5-6-17(13)22)10-23-18-4-2-3-15-11-25(12-16(15)18)19-7-8-20(26)24-21(19)27/h2-6,9,19,23H,7-8,10-12H2,1H3,(H,24,26,27)/t19-/m0/s1. The normalized spacial score (nSPS) is 19.7. The fourth-order valence-corrected chi connectivity index (χ4v) is 3.88. The zero-order chi connectivity index (χ0) is 19.0. The first-order valence-electron chi connectivity index (χ1n) is 9.18. The van der Waals surface area contributed by atoms with Gasteiger partial charge in [-0.1, -0.05) is 24.3 Å². The molecule has 0 unspecified atom stereocenters. The number of nitrogens with one attached hydrogen (secondary N) is 2. The summed E-state index contributed by atoms with van der Waals surface area (Å²) < 4.78 is 13.4. The molecule has 2 heterocycles. The number of hydrogen-bond acceptors (Lipinski definition) is 4. The smallest absolute Gasteiger partial charge is 0.243 e. The summed E-state index contributed by atoms with van der Waals surface area (Å²) in [5, 5.41) is 5.88. The van der Waals surface area contributed by atoms with Gasteiger partial charge in [0.1, 0.15) is 5.82 Å². The van der Waals surface area contributed by atoms with E-state index in [1.54, 1.807) is 13.0 Å². The third-order valence-electron chi connectivity index (χ3n) is 5.36. The van der Waals surface area contributed by atoms with E-state index in [1.807, 2.05) is 18.2 Å². The van der Waals surface area contributed by atoms with Crippen molar-refractivity contribution in [3.05, 3.63) is 64.5 Å². The number of aryl methyl sites for hydroxylation is 1.